The van der Waals surface area contributed by atoms with Crippen LogP contribution in [0.2, 0.25) is 0 Å². The third-order valence-electron chi connectivity index (χ3n) is 7.72. The molecule has 9 heteroatoms. The number of urea groups is 1. The van der Waals surface area contributed by atoms with Crippen LogP contribution in [0.25, 0.3) is 0 Å². The second-order valence-corrected chi connectivity index (χ2v) is 10.3. The highest BCUT2D eigenvalue weighted by Crippen LogP contribution is 2.48. The maximum atomic E-state index is 14.5. The Bertz CT molecular complexity index is 1520. The lowest BCUT2D eigenvalue weighted by Gasteiger charge is -2.42. The van der Waals surface area contributed by atoms with Gasteiger partial charge in [0.15, 0.2) is 5.69 Å². The number of benzene rings is 3. The molecule has 1 fully saturated rings. The van der Waals surface area contributed by atoms with E-state index in [4.69, 9.17) is 10.7 Å². The minimum atomic E-state index is -1.24. The molecule has 0 radical (unpaired) electrons. The van der Waals surface area contributed by atoms with Crippen molar-refractivity contribution in [2.45, 2.75) is 45.3 Å². The van der Waals surface area contributed by atoms with Crippen molar-refractivity contribution in [1.82, 2.24) is 14.7 Å². The number of nitrogens with two attached hydrogens (primary N) is 1. The van der Waals surface area contributed by atoms with Crippen molar-refractivity contribution in [3.63, 3.8) is 0 Å². The van der Waals surface area contributed by atoms with Crippen molar-refractivity contribution in [2.75, 3.05) is 11.9 Å². The third-order valence-corrected chi connectivity index (χ3v) is 7.72. The van der Waals surface area contributed by atoms with Crippen molar-refractivity contribution in [3.05, 3.63) is 89.5 Å². The average molecular weight is 524 g/mol. The fraction of sp³-hybridized carbons (Fsp3) is 0.267. The van der Waals surface area contributed by atoms with Gasteiger partial charge >= 0.3 is 17.8 Å². The fourth-order valence-corrected chi connectivity index (χ4v) is 5.69. The predicted molar refractivity (Wildman–Crippen MR) is 150 cm³/mol. The standard InChI is InChI=1S/C30H31N6O3/c1-4-5-10-20-15-17-22(18-16-20)33-23-13-9-14-24-25(23)26(21-11-7-6-8-12-21)32-27-29(38)36(24,3)35(28(37)19(2)31)34(27)30(33)39/h6-9,11-19,27H,4-5,10,31H2,1-3H3/q+1/t19-,27?,36+/m0/s1. The second-order valence-electron chi connectivity index (χ2n) is 10.3. The van der Waals surface area contributed by atoms with E-state index in [0.29, 0.717) is 28.3 Å². The van der Waals surface area contributed by atoms with Crippen molar-refractivity contribution in [1.29, 1.82) is 0 Å². The molecule has 7 rings (SSSR count). The van der Waals surface area contributed by atoms with E-state index in [1.165, 1.54) is 15.7 Å². The van der Waals surface area contributed by atoms with Crippen LogP contribution >= 0.6 is 0 Å². The first-order chi connectivity index (χ1) is 18.8. The van der Waals surface area contributed by atoms with Crippen LogP contribution < -0.4 is 15.2 Å². The Balaban J connectivity index is 1.65. The Morgan fingerprint density at radius 1 is 1.03 bits per heavy atom. The number of anilines is 2. The normalized spacial score (nSPS) is 22.1. The van der Waals surface area contributed by atoms with Gasteiger partial charge in [0.05, 0.1) is 28.7 Å². The van der Waals surface area contributed by atoms with Gasteiger partial charge in [-0.3, -0.25) is 9.69 Å². The minimum absolute atomic E-state index is 0.404. The molecule has 0 spiro atoms. The number of likely N-dealkylation sites (N-methyl/N-ethyl adjacent to an activating group) is 1. The van der Waals surface area contributed by atoms with Crippen molar-refractivity contribution in [3.8, 4) is 0 Å². The average Bonchev–Trinajstić information content (AvgIpc) is 3.11. The summed E-state index contributed by atoms with van der Waals surface area (Å²) in [6.07, 6.45) is 1.88. The minimum Gasteiger partial charge on any atom is -0.320 e. The van der Waals surface area contributed by atoms with Crippen molar-refractivity contribution >= 4 is 40.6 Å². The molecule has 4 heterocycles. The number of hydrazine groups is 1. The lowest BCUT2D eigenvalue weighted by atomic mass is 9.96. The number of aryl methyl sites for hydroxylation is 1. The second kappa shape index (κ2) is 9.14. The van der Waals surface area contributed by atoms with Crippen LogP contribution in [0.3, 0.4) is 0 Å². The molecule has 3 aromatic carbocycles. The number of quaternary nitrogens is 1. The third kappa shape index (κ3) is 3.54. The van der Waals surface area contributed by atoms with Gasteiger partial charge in [0.1, 0.15) is 7.05 Å². The summed E-state index contributed by atoms with van der Waals surface area (Å²) >= 11 is 0. The number of hydrogen-bond donors (Lipinski definition) is 1. The maximum absolute atomic E-state index is 14.5. The highest BCUT2D eigenvalue weighted by atomic mass is 16.3. The first kappa shape index (κ1) is 25.0. The Morgan fingerprint density at radius 3 is 2.41 bits per heavy atom. The maximum Gasteiger partial charge on any atom is 0.391 e. The molecule has 4 aliphatic heterocycles. The molecule has 2 N–H and O–H groups in total. The number of nitrogens with zero attached hydrogens (tertiary/aromatic N) is 5. The lowest BCUT2D eigenvalue weighted by Crippen LogP contribution is -2.67. The van der Waals surface area contributed by atoms with Crippen LogP contribution in [0.5, 0.6) is 0 Å². The molecule has 6 bridgehead atoms. The molecule has 9 nitrogen and oxygen atoms in total. The van der Waals surface area contributed by atoms with E-state index in [0.717, 1.165) is 24.8 Å². The zero-order valence-corrected chi connectivity index (χ0v) is 22.2. The van der Waals surface area contributed by atoms with Gasteiger partial charge in [-0.25, -0.2) is 14.6 Å². The summed E-state index contributed by atoms with van der Waals surface area (Å²) in [5, 5.41) is 2.38. The van der Waals surface area contributed by atoms with Crippen molar-refractivity contribution < 1.29 is 14.4 Å². The number of fused-ring (bicyclic) bond motifs is 1. The molecule has 0 aromatic heterocycles. The molecule has 39 heavy (non-hydrogen) atoms. The summed E-state index contributed by atoms with van der Waals surface area (Å²) in [7, 11) is 1.63. The lowest BCUT2D eigenvalue weighted by molar-refractivity contribution is -0.166. The molecule has 0 aliphatic carbocycles. The van der Waals surface area contributed by atoms with Gasteiger partial charge in [-0.1, -0.05) is 67.0 Å². The molecule has 198 valence electrons. The van der Waals surface area contributed by atoms with Crippen molar-refractivity contribution in [2.24, 2.45) is 10.7 Å². The summed E-state index contributed by atoms with van der Waals surface area (Å²) in [5.41, 5.74) is 11.1. The SMILES string of the molecule is CCCCc1ccc(N2C(=O)N3C4N=C(c5ccccc5)c5c2cccc5[N@+](C)(C4=O)N3C(=O)[C@H](C)N)cc1. The monoisotopic (exact) mass is 523 g/mol. The van der Waals surface area contributed by atoms with E-state index in [2.05, 4.69) is 6.92 Å². The summed E-state index contributed by atoms with van der Waals surface area (Å²) in [4.78, 5) is 48.7. The topological polar surface area (TPSA) is 99.3 Å². The number of amides is 4. The van der Waals surface area contributed by atoms with E-state index in [1.807, 2.05) is 72.8 Å². The molecule has 0 saturated carbocycles. The van der Waals surface area contributed by atoms with E-state index in [-0.39, 0.29) is 0 Å². The zero-order valence-electron chi connectivity index (χ0n) is 22.2. The van der Waals surface area contributed by atoms with Crippen LogP contribution in [0, 0.1) is 0 Å². The number of hydrogen-bond acceptors (Lipinski definition) is 5. The van der Waals surface area contributed by atoms with Crippen LogP contribution in [0.1, 0.15) is 43.4 Å². The van der Waals surface area contributed by atoms with Gasteiger partial charge in [0.25, 0.3) is 6.17 Å². The molecule has 3 aromatic rings. The molecule has 4 aliphatic rings. The van der Waals surface area contributed by atoms with Crippen LogP contribution in [0.15, 0.2) is 77.8 Å². The van der Waals surface area contributed by atoms with E-state index in [9.17, 15) is 14.4 Å². The number of unbranched alkanes of at least 4 members (excludes halogenated alkanes) is 1. The molecule has 4 amide bonds. The highest BCUT2D eigenvalue weighted by molar-refractivity contribution is 6.25. The molecule has 1 saturated heterocycles. The number of carbonyl (C=O) groups excluding carboxylic acids is 3. The Labute approximate surface area is 227 Å². The Kier molecular flexibility index (Phi) is 5.85. The summed E-state index contributed by atoms with van der Waals surface area (Å²) in [6, 6.07) is 21.5. The molecule has 1 unspecified atom stereocenters. The van der Waals surface area contributed by atoms with E-state index in [1.54, 1.807) is 18.9 Å². The van der Waals surface area contributed by atoms with Gasteiger partial charge in [0.2, 0.25) is 0 Å². The van der Waals surface area contributed by atoms with E-state index < -0.39 is 34.6 Å². The van der Waals surface area contributed by atoms with Gasteiger partial charge in [0, 0.05) is 11.6 Å². The Hall–Kier alpha value is -4.34. The Morgan fingerprint density at radius 2 is 1.74 bits per heavy atom. The van der Waals surface area contributed by atoms with Gasteiger partial charge < -0.3 is 5.73 Å². The predicted octanol–water partition coefficient (Wildman–Crippen LogP) is 4.26. The summed E-state index contributed by atoms with van der Waals surface area (Å²) in [6.45, 7) is 3.70. The molecular weight excluding hydrogens is 492 g/mol. The van der Waals surface area contributed by atoms with Crippen LogP contribution in [0.4, 0.5) is 21.9 Å². The summed E-state index contributed by atoms with van der Waals surface area (Å²) in [5.74, 6) is -0.952. The highest BCUT2D eigenvalue weighted by Gasteiger charge is 2.67. The van der Waals surface area contributed by atoms with Gasteiger partial charge in [-0.05, 0) is 43.5 Å². The smallest absolute Gasteiger partial charge is 0.320 e. The number of aliphatic imine (C=N–C) groups is 1. The van der Waals surface area contributed by atoms with Crippen LogP contribution in [-0.2, 0) is 16.0 Å². The van der Waals surface area contributed by atoms with Crippen LogP contribution in [-0.4, -0.2) is 52.9 Å². The first-order valence-corrected chi connectivity index (χ1v) is 13.3. The van der Waals surface area contributed by atoms with E-state index >= 15 is 0 Å². The van der Waals surface area contributed by atoms with Gasteiger partial charge in [-0.2, -0.15) is 0 Å². The molecule has 3 atom stereocenters. The first-order valence-electron chi connectivity index (χ1n) is 13.3. The number of rotatable bonds is 6. The summed E-state index contributed by atoms with van der Waals surface area (Å²) < 4.78 is -0.552. The zero-order chi connectivity index (χ0) is 27.5. The quantitative estimate of drug-likeness (QED) is 0.488. The number of carbonyl (C=O) groups is 3. The van der Waals surface area contributed by atoms with Gasteiger partial charge in [-0.15, -0.1) is 9.60 Å². The largest absolute Gasteiger partial charge is 0.391 e. The fourth-order valence-electron chi connectivity index (χ4n) is 5.69. The molecular formula is C30H31N6O3+.